The van der Waals surface area contributed by atoms with E-state index in [-0.39, 0.29) is 12.4 Å². The Labute approximate surface area is 112 Å². The van der Waals surface area contributed by atoms with E-state index < -0.39 is 0 Å². The number of benzene rings is 1. The summed E-state index contributed by atoms with van der Waals surface area (Å²) >= 11 is 1.54. The molecule has 0 aliphatic carbocycles. The van der Waals surface area contributed by atoms with E-state index in [2.05, 4.69) is 48.1 Å². The van der Waals surface area contributed by atoms with E-state index in [4.69, 9.17) is 5.73 Å². The van der Waals surface area contributed by atoms with Crippen LogP contribution >= 0.6 is 23.7 Å². The first-order valence-corrected chi connectivity index (χ1v) is 5.95. The summed E-state index contributed by atoms with van der Waals surface area (Å²) in [5.74, 6) is 0. The molecule has 0 fully saturated rings. The topological polar surface area (TPSA) is 42.2 Å². The molecule has 0 radical (unpaired) electrons. The Bertz CT molecular complexity index is 484. The van der Waals surface area contributed by atoms with Crippen LogP contribution in [0.3, 0.4) is 0 Å². The average molecular weight is 270 g/mol. The number of aryl methyl sites for hydroxylation is 1. The maximum atomic E-state index is 5.61. The zero-order valence-electron chi connectivity index (χ0n) is 9.88. The van der Waals surface area contributed by atoms with Crippen molar-refractivity contribution in [3.05, 3.63) is 40.9 Å². The van der Waals surface area contributed by atoms with E-state index in [0.29, 0.717) is 5.13 Å². The number of hydrogen-bond acceptors (Lipinski definition) is 4. The van der Waals surface area contributed by atoms with Crippen molar-refractivity contribution in [1.82, 2.24) is 4.98 Å². The number of thiazole rings is 1. The molecule has 0 atom stereocenters. The van der Waals surface area contributed by atoms with Gasteiger partial charge in [0.05, 0.1) is 6.54 Å². The predicted molar refractivity (Wildman–Crippen MR) is 77.1 cm³/mol. The minimum Gasteiger partial charge on any atom is -0.375 e. The Balaban J connectivity index is 0.00000144. The highest BCUT2D eigenvalue weighted by Crippen LogP contribution is 2.20. The van der Waals surface area contributed by atoms with E-state index in [1.54, 1.807) is 0 Å². The molecule has 1 heterocycles. The van der Waals surface area contributed by atoms with Crippen LogP contribution in [0.4, 0.5) is 10.8 Å². The molecule has 1 aromatic carbocycles. The lowest BCUT2D eigenvalue weighted by molar-refractivity contribution is 0.936. The van der Waals surface area contributed by atoms with Gasteiger partial charge in [-0.05, 0) is 24.6 Å². The van der Waals surface area contributed by atoms with Crippen molar-refractivity contribution in [2.24, 2.45) is 0 Å². The molecule has 5 heteroatoms. The maximum Gasteiger partial charge on any atom is 0.180 e. The molecule has 3 nitrogen and oxygen atoms in total. The van der Waals surface area contributed by atoms with Crippen LogP contribution in [-0.4, -0.2) is 12.0 Å². The Kier molecular flexibility index (Phi) is 4.78. The van der Waals surface area contributed by atoms with Crippen molar-refractivity contribution in [1.29, 1.82) is 0 Å². The van der Waals surface area contributed by atoms with Gasteiger partial charge in [0.25, 0.3) is 0 Å². The third kappa shape index (κ3) is 3.61. The van der Waals surface area contributed by atoms with Gasteiger partial charge in [0.15, 0.2) is 5.13 Å². The Morgan fingerprint density at radius 3 is 2.76 bits per heavy atom. The Hall–Kier alpha value is -1.26. The molecular formula is C12H16ClN3S. The summed E-state index contributed by atoms with van der Waals surface area (Å²) in [7, 11) is 2.07. The lowest BCUT2D eigenvalue weighted by atomic mass is 10.2. The van der Waals surface area contributed by atoms with Crippen molar-refractivity contribution >= 4 is 34.6 Å². The fourth-order valence-corrected chi connectivity index (χ4v) is 2.32. The average Bonchev–Trinajstić information content (AvgIpc) is 2.64. The molecule has 0 saturated carbocycles. The summed E-state index contributed by atoms with van der Waals surface area (Å²) < 4.78 is 0. The normalized spacial score (nSPS) is 9.76. The smallest absolute Gasteiger partial charge is 0.180 e. The van der Waals surface area contributed by atoms with E-state index in [9.17, 15) is 0 Å². The summed E-state index contributed by atoms with van der Waals surface area (Å²) in [5, 5.41) is 0.632. The van der Waals surface area contributed by atoms with E-state index in [0.717, 1.165) is 6.54 Å². The molecule has 0 unspecified atom stereocenters. The van der Waals surface area contributed by atoms with Gasteiger partial charge in [-0.1, -0.05) is 12.1 Å². The third-order valence-corrected chi connectivity index (χ3v) is 3.22. The number of nitrogen functional groups attached to an aromatic ring is 1. The summed E-state index contributed by atoms with van der Waals surface area (Å²) in [5.41, 5.74) is 8.09. The van der Waals surface area contributed by atoms with Gasteiger partial charge >= 0.3 is 0 Å². The number of anilines is 2. The molecule has 0 saturated heterocycles. The minimum absolute atomic E-state index is 0. The molecule has 0 aliphatic heterocycles. The molecule has 2 rings (SSSR count). The molecule has 0 amide bonds. The molecule has 0 bridgehead atoms. The van der Waals surface area contributed by atoms with Gasteiger partial charge in [-0.25, -0.2) is 4.98 Å². The van der Waals surface area contributed by atoms with Crippen LogP contribution < -0.4 is 10.6 Å². The van der Waals surface area contributed by atoms with Crippen LogP contribution in [0.25, 0.3) is 0 Å². The molecule has 2 N–H and O–H groups in total. The maximum absolute atomic E-state index is 5.61. The van der Waals surface area contributed by atoms with Crippen molar-refractivity contribution in [3.8, 4) is 0 Å². The van der Waals surface area contributed by atoms with Gasteiger partial charge in [0, 0.05) is 23.8 Å². The monoisotopic (exact) mass is 269 g/mol. The molecule has 0 spiro atoms. The highest BCUT2D eigenvalue weighted by atomic mass is 35.5. The summed E-state index contributed by atoms with van der Waals surface area (Å²) in [6.45, 7) is 2.94. The van der Waals surface area contributed by atoms with Crippen molar-refractivity contribution in [2.75, 3.05) is 17.7 Å². The van der Waals surface area contributed by atoms with Gasteiger partial charge in [0.1, 0.15) is 0 Å². The molecule has 17 heavy (non-hydrogen) atoms. The van der Waals surface area contributed by atoms with Gasteiger partial charge in [-0.3, -0.25) is 0 Å². The van der Waals surface area contributed by atoms with Crippen LogP contribution in [0.1, 0.15) is 10.4 Å². The first-order valence-electron chi connectivity index (χ1n) is 5.13. The molecule has 2 aromatic rings. The zero-order chi connectivity index (χ0) is 11.5. The van der Waals surface area contributed by atoms with Gasteiger partial charge in [-0.15, -0.1) is 23.7 Å². The van der Waals surface area contributed by atoms with Gasteiger partial charge in [-0.2, -0.15) is 0 Å². The first kappa shape index (κ1) is 13.8. The van der Waals surface area contributed by atoms with Crippen LogP contribution in [0.15, 0.2) is 30.5 Å². The fourth-order valence-electron chi connectivity index (χ4n) is 1.59. The molecular weight excluding hydrogens is 254 g/mol. The largest absolute Gasteiger partial charge is 0.375 e. The minimum atomic E-state index is 0. The Morgan fingerprint density at radius 1 is 1.41 bits per heavy atom. The summed E-state index contributed by atoms with van der Waals surface area (Å²) in [6, 6.07) is 8.45. The molecule has 0 aliphatic rings. The van der Waals surface area contributed by atoms with E-state index in [1.807, 2.05) is 6.20 Å². The van der Waals surface area contributed by atoms with E-state index >= 15 is 0 Å². The first-order chi connectivity index (χ1) is 7.65. The highest BCUT2D eigenvalue weighted by Gasteiger charge is 2.04. The lowest BCUT2D eigenvalue weighted by Crippen LogP contribution is -2.15. The highest BCUT2D eigenvalue weighted by molar-refractivity contribution is 7.15. The number of aromatic nitrogens is 1. The Morgan fingerprint density at radius 2 is 2.18 bits per heavy atom. The number of rotatable bonds is 3. The second kappa shape index (κ2) is 5.89. The molecule has 1 aromatic heterocycles. The number of hydrogen-bond donors (Lipinski definition) is 1. The zero-order valence-corrected chi connectivity index (χ0v) is 11.5. The third-order valence-electron chi connectivity index (χ3n) is 2.41. The van der Waals surface area contributed by atoms with Gasteiger partial charge in [0.2, 0.25) is 0 Å². The van der Waals surface area contributed by atoms with E-state index in [1.165, 1.54) is 27.5 Å². The summed E-state index contributed by atoms with van der Waals surface area (Å²) in [6.07, 6.45) is 1.84. The second-order valence-electron chi connectivity index (χ2n) is 3.86. The summed E-state index contributed by atoms with van der Waals surface area (Å²) in [4.78, 5) is 7.43. The van der Waals surface area contributed by atoms with Crippen LogP contribution in [-0.2, 0) is 6.54 Å². The standard InChI is InChI=1S/C12H15N3S.ClH/c1-9-4-3-5-10(6-9)15(2)8-11-7-14-12(13)16-11;/h3-7H,8H2,1-2H3,(H2,13,14);1H. The fraction of sp³-hybridized carbons (Fsp3) is 0.250. The van der Waals surface area contributed by atoms with Crippen LogP contribution in [0, 0.1) is 6.92 Å². The number of nitrogens with zero attached hydrogens (tertiary/aromatic N) is 2. The van der Waals surface area contributed by atoms with Crippen LogP contribution in [0.2, 0.25) is 0 Å². The van der Waals surface area contributed by atoms with Gasteiger partial charge < -0.3 is 10.6 Å². The second-order valence-corrected chi connectivity index (χ2v) is 5.01. The number of nitrogens with two attached hydrogens (primary N) is 1. The van der Waals surface area contributed by atoms with Crippen LogP contribution in [0.5, 0.6) is 0 Å². The lowest BCUT2D eigenvalue weighted by Gasteiger charge is -2.18. The SMILES string of the molecule is Cc1cccc(N(C)Cc2cnc(N)s2)c1.Cl. The van der Waals surface area contributed by atoms with Crippen molar-refractivity contribution < 1.29 is 0 Å². The predicted octanol–water partition coefficient (Wildman–Crippen LogP) is 3.09. The number of halogens is 1. The quantitative estimate of drug-likeness (QED) is 0.931. The van der Waals surface area contributed by atoms with Crippen molar-refractivity contribution in [2.45, 2.75) is 13.5 Å². The van der Waals surface area contributed by atoms with Crippen molar-refractivity contribution in [3.63, 3.8) is 0 Å². The molecule has 92 valence electrons.